The van der Waals surface area contributed by atoms with E-state index in [9.17, 15) is 4.79 Å². The molecule has 1 atom stereocenters. The first kappa shape index (κ1) is 13.3. The number of carbonyl (C=O) groups is 1. The SMILES string of the molecule is CC[C@@H]1CCc2nc(NC(=O)c3cnn(C)c3)sc2C1. The van der Waals surface area contributed by atoms with E-state index >= 15 is 0 Å². The Bertz CT molecular complexity index is 631. The number of hydrogen-bond acceptors (Lipinski definition) is 4. The predicted molar refractivity (Wildman–Crippen MR) is 79.1 cm³/mol. The van der Waals surface area contributed by atoms with Gasteiger partial charge >= 0.3 is 0 Å². The number of aryl methyl sites for hydroxylation is 2. The van der Waals surface area contributed by atoms with Crippen LogP contribution in [0.1, 0.15) is 40.7 Å². The maximum atomic E-state index is 12.1. The van der Waals surface area contributed by atoms with Crippen molar-refractivity contribution in [1.29, 1.82) is 0 Å². The molecule has 5 nitrogen and oxygen atoms in total. The second-order valence-electron chi connectivity index (χ2n) is 5.26. The number of amides is 1. The first-order valence-corrected chi connectivity index (χ1v) is 7.76. The number of nitrogens with one attached hydrogen (secondary N) is 1. The molecule has 1 aliphatic rings. The van der Waals surface area contributed by atoms with E-state index < -0.39 is 0 Å². The van der Waals surface area contributed by atoms with Gasteiger partial charge in [-0.25, -0.2) is 4.98 Å². The van der Waals surface area contributed by atoms with Crippen LogP contribution in [0.25, 0.3) is 0 Å². The van der Waals surface area contributed by atoms with Gasteiger partial charge in [0, 0.05) is 18.1 Å². The molecule has 0 aliphatic heterocycles. The zero-order valence-electron chi connectivity index (χ0n) is 11.7. The molecule has 0 saturated heterocycles. The molecule has 0 fully saturated rings. The van der Waals surface area contributed by atoms with Crippen LogP contribution in [0.3, 0.4) is 0 Å². The molecular formula is C14H18N4OS. The molecule has 106 valence electrons. The lowest BCUT2D eigenvalue weighted by molar-refractivity contribution is 0.102. The van der Waals surface area contributed by atoms with Gasteiger partial charge in [0.25, 0.3) is 5.91 Å². The zero-order chi connectivity index (χ0) is 14.1. The minimum Gasteiger partial charge on any atom is -0.298 e. The Kier molecular flexibility index (Phi) is 3.56. The van der Waals surface area contributed by atoms with Gasteiger partial charge < -0.3 is 0 Å². The topological polar surface area (TPSA) is 59.8 Å². The Morgan fingerprint density at radius 3 is 3.15 bits per heavy atom. The third-order valence-electron chi connectivity index (χ3n) is 3.81. The zero-order valence-corrected chi connectivity index (χ0v) is 12.5. The van der Waals surface area contributed by atoms with Crippen LogP contribution < -0.4 is 5.32 Å². The molecule has 0 bridgehead atoms. The van der Waals surface area contributed by atoms with Gasteiger partial charge in [0.05, 0.1) is 17.5 Å². The Hall–Kier alpha value is -1.69. The fourth-order valence-electron chi connectivity index (χ4n) is 2.55. The van der Waals surface area contributed by atoms with Crippen molar-refractivity contribution in [2.24, 2.45) is 13.0 Å². The first-order valence-electron chi connectivity index (χ1n) is 6.94. The Labute approximate surface area is 122 Å². The number of carbonyl (C=O) groups excluding carboxylic acids is 1. The molecule has 0 spiro atoms. The van der Waals surface area contributed by atoms with Gasteiger partial charge in [0.1, 0.15) is 0 Å². The van der Waals surface area contributed by atoms with E-state index in [0.29, 0.717) is 10.7 Å². The second-order valence-corrected chi connectivity index (χ2v) is 6.35. The van der Waals surface area contributed by atoms with Crippen molar-refractivity contribution in [3.63, 3.8) is 0 Å². The Balaban J connectivity index is 1.73. The van der Waals surface area contributed by atoms with E-state index in [-0.39, 0.29) is 5.91 Å². The summed E-state index contributed by atoms with van der Waals surface area (Å²) in [5.74, 6) is 0.626. The average Bonchev–Trinajstić information content (AvgIpc) is 3.03. The maximum absolute atomic E-state index is 12.1. The largest absolute Gasteiger partial charge is 0.298 e. The number of nitrogens with zero attached hydrogens (tertiary/aromatic N) is 3. The van der Waals surface area contributed by atoms with Crippen LogP contribution in [0, 0.1) is 5.92 Å². The summed E-state index contributed by atoms with van der Waals surface area (Å²) < 4.78 is 1.62. The van der Waals surface area contributed by atoms with Gasteiger partial charge in [-0.3, -0.25) is 14.8 Å². The lowest BCUT2D eigenvalue weighted by atomic mass is 9.89. The number of aromatic nitrogens is 3. The molecule has 0 aromatic carbocycles. The molecule has 2 aromatic rings. The summed E-state index contributed by atoms with van der Waals surface area (Å²) in [6.07, 6.45) is 7.84. The second kappa shape index (κ2) is 5.36. The van der Waals surface area contributed by atoms with Crippen molar-refractivity contribution < 1.29 is 4.79 Å². The molecule has 0 radical (unpaired) electrons. The van der Waals surface area contributed by atoms with Crippen molar-refractivity contribution in [2.45, 2.75) is 32.6 Å². The molecular weight excluding hydrogens is 272 g/mol. The molecule has 3 rings (SSSR count). The van der Waals surface area contributed by atoms with Crippen molar-refractivity contribution >= 4 is 22.4 Å². The smallest absolute Gasteiger partial charge is 0.260 e. The van der Waals surface area contributed by atoms with Crippen LogP contribution in [0.2, 0.25) is 0 Å². The highest BCUT2D eigenvalue weighted by atomic mass is 32.1. The van der Waals surface area contributed by atoms with E-state index in [4.69, 9.17) is 0 Å². The van der Waals surface area contributed by atoms with E-state index in [1.54, 1.807) is 35.5 Å². The van der Waals surface area contributed by atoms with E-state index in [2.05, 4.69) is 22.3 Å². The third-order valence-corrected chi connectivity index (χ3v) is 4.84. The standard InChI is InChI=1S/C14H18N4OS/c1-3-9-4-5-11-12(6-9)20-14(16-11)17-13(19)10-7-15-18(2)8-10/h7-9H,3-6H2,1-2H3,(H,16,17,19)/t9-/m1/s1. The van der Waals surface area contributed by atoms with Crippen molar-refractivity contribution in [3.8, 4) is 0 Å². The number of hydrogen-bond donors (Lipinski definition) is 1. The number of thiazole rings is 1. The third kappa shape index (κ3) is 2.60. The summed E-state index contributed by atoms with van der Waals surface area (Å²) in [7, 11) is 1.80. The molecule has 0 saturated carbocycles. The van der Waals surface area contributed by atoms with Crippen molar-refractivity contribution in [2.75, 3.05) is 5.32 Å². The quantitative estimate of drug-likeness (QED) is 0.945. The van der Waals surface area contributed by atoms with Crippen LogP contribution in [-0.4, -0.2) is 20.7 Å². The number of fused-ring (bicyclic) bond motifs is 1. The van der Waals surface area contributed by atoms with Crippen LogP contribution in [0.5, 0.6) is 0 Å². The number of rotatable bonds is 3. The average molecular weight is 290 g/mol. The highest BCUT2D eigenvalue weighted by Gasteiger charge is 2.22. The fourth-order valence-corrected chi connectivity index (χ4v) is 3.67. The van der Waals surface area contributed by atoms with E-state index in [0.717, 1.165) is 18.8 Å². The van der Waals surface area contributed by atoms with E-state index in [1.807, 2.05) is 0 Å². The summed E-state index contributed by atoms with van der Waals surface area (Å²) in [4.78, 5) is 18.0. The first-order chi connectivity index (χ1) is 9.65. The minimum atomic E-state index is -0.142. The monoisotopic (exact) mass is 290 g/mol. The lowest BCUT2D eigenvalue weighted by Gasteiger charge is -2.18. The van der Waals surface area contributed by atoms with Gasteiger partial charge in [-0.1, -0.05) is 13.3 Å². The summed E-state index contributed by atoms with van der Waals surface area (Å²) in [6.45, 7) is 2.24. The van der Waals surface area contributed by atoms with Crippen LogP contribution in [0.4, 0.5) is 5.13 Å². The molecule has 2 aromatic heterocycles. The Morgan fingerprint density at radius 2 is 2.45 bits per heavy atom. The summed E-state index contributed by atoms with van der Waals surface area (Å²) in [6, 6.07) is 0. The predicted octanol–water partition coefficient (Wildman–Crippen LogP) is 2.64. The van der Waals surface area contributed by atoms with Crippen LogP contribution >= 0.6 is 11.3 Å². The van der Waals surface area contributed by atoms with Gasteiger partial charge in [0.15, 0.2) is 5.13 Å². The molecule has 6 heteroatoms. The molecule has 1 amide bonds. The fraction of sp³-hybridized carbons (Fsp3) is 0.500. The Morgan fingerprint density at radius 1 is 1.60 bits per heavy atom. The highest BCUT2D eigenvalue weighted by molar-refractivity contribution is 7.15. The lowest BCUT2D eigenvalue weighted by Crippen LogP contribution is -2.12. The molecule has 20 heavy (non-hydrogen) atoms. The van der Waals surface area contributed by atoms with E-state index in [1.165, 1.54) is 23.4 Å². The van der Waals surface area contributed by atoms with Gasteiger partial charge in [-0.15, -0.1) is 11.3 Å². The highest BCUT2D eigenvalue weighted by Crippen LogP contribution is 2.33. The molecule has 1 N–H and O–H groups in total. The molecule has 1 aliphatic carbocycles. The maximum Gasteiger partial charge on any atom is 0.260 e. The molecule has 0 unspecified atom stereocenters. The summed E-state index contributed by atoms with van der Waals surface area (Å²) in [5, 5.41) is 7.59. The number of anilines is 1. The summed E-state index contributed by atoms with van der Waals surface area (Å²) in [5.41, 5.74) is 1.73. The van der Waals surface area contributed by atoms with Crippen LogP contribution in [0.15, 0.2) is 12.4 Å². The van der Waals surface area contributed by atoms with Gasteiger partial charge in [0.2, 0.25) is 0 Å². The van der Waals surface area contributed by atoms with Crippen molar-refractivity contribution in [1.82, 2.24) is 14.8 Å². The normalized spacial score (nSPS) is 17.8. The van der Waals surface area contributed by atoms with Crippen molar-refractivity contribution in [3.05, 3.63) is 28.5 Å². The van der Waals surface area contributed by atoms with Gasteiger partial charge in [-0.2, -0.15) is 5.10 Å². The van der Waals surface area contributed by atoms with Crippen LogP contribution in [-0.2, 0) is 19.9 Å². The van der Waals surface area contributed by atoms with Gasteiger partial charge in [-0.05, 0) is 25.2 Å². The summed E-state index contributed by atoms with van der Waals surface area (Å²) >= 11 is 1.61. The molecule has 2 heterocycles. The minimum absolute atomic E-state index is 0.142.